The molecule has 2 aromatic carbocycles. The first-order valence-electron chi connectivity index (χ1n) is 11.0. The summed E-state index contributed by atoms with van der Waals surface area (Å²) in [6.07, 6.45) is 3.37. The van der Waals surface area contributed by atoms with E-state index in [9.17, 15) is 22.7 Å². The molecule has 0 saturated heterocycles. The van der Waals surface area contributed by atoms with Crippen molar-refractivity contribution in [3.05, 3.63) is 80.6 Å². The molecule has 1 aliphatic rings. The second kappa shape index (κ2) is 9.51. The number of rotatable bonds is 8. The summed E-state index contributed by atoms with van der Waals surface area (Å²) in [5, 5.41) is 21.3. The van der Waals surface area contributed by atoms with E-state index >= 15 is 0 Å². The number of carboxylic acids is 1. The van der Waals surface area contributed by atoms with E-state index in [-0.39, 0.29) is 15.1 Å². The van der Waals surface area contributed by atoms with Crippen LogP contribution in [0.25, 0.3) is 16.4 Å². The predicted molar refractivity (Wildman–Crippen MR) is 136 cm³/mol. The van der Waals surface area contributed by atoms with Gasteiger partial charge in [-0.1, -0.05) is 12.1 Å². The standard InChI is InChI=1S/C24H20BrFN4O4S2/c25-18-11-15(5-8-19(18)26)22-17(9-13-3-6-16(7-4-13)36(27,33)34)20(10-14-1-2-14)29-30(22)24-28-21(12-35-24)23(31)32/h3-8,11-12,14H,1-2,9-10H2,(H,31,32)(H2,27,33,34). The highest BCUT2D eigenvalue weighted by atomic mass is 79.9. The number of hydrogen-bond acceptors (Lipinski definition) is 6. The van der Waals surface area contributed by atoms with Gasteiger partial charge in [0.05, 0.1) is 20.8 Å². The van der Waals surface area contributed by atoms with Crippen molar-refractivity contribution in [1.29, 1.82) is 0 Å². The molecular formula is C24H20BrFN4O4S2. The summed E-state index contributed by atoms with van der Waals surface area (Å²) < 4.78 is 39.4. The lowest BCUT2D eigenvalue weighted by Gasteiger charge is -2.10. The predicted octanol–water partition coefficient (Wildman–Crippen LogP) is 4.79. The smallest absolute Gasteiger partial charge is 0.355 e. The van der Waals surface area contributed by atoms with E-state index in [1.807, 2.05) is 0 Å². The Morgan fingerprint density at radius 1 is 1.22 bits per heavy atom. The van der Waals surface area contributed by atoms with Crippen molar-refractivity contribution in [2.24, 2.45) is 11.1 Å². The lowest BCUT2D eigenvalue weighted by atomic mass is 9.97. The first kappa shape index (κ1) is 24.8. The molecule has 5 rings (SSSR count). The monoisotopic (exact) mass is 590 g/mol. The zero-order valence-electron chi connectivity index (χ0n) is 18.7. The van der Waals surface area contributed by atoms with E-state index in [0.29, 0.717) is 28.7 Å². The summed E-state index contributed by atoms with van der Waals surface area (Å²) in [5.41, 5.74) is 3.84. The van der Waals surface area contributed by atoms with Gasteiger partial charge in [0.1, 0.15) is 5.82 Å². The Morgan fingerprint density at radius 3 is 2.53 bits per heavy atom. The summed E-state index contributed by atoms with van der Waals surface area (Å²) in [6, 6.07) is 11.0. The summed E-state index contributed by atoms with van der Waals surface area (Å²) in [7, 11) is -3.82. The van der Waals surface area contributed by atoms with Gasteiger partial charge in [-0.15, -0.1) is 11.3 Å². The number of aromatic carboxylic acids is 1. The Labute approximate surface area is 218 Å². The van der Waals surface area contributed by atoms with Crippen LogP contribution in [0.5, 0.6) is 0 Å². The molecule has 0 spiro atoms. The molecule has 1 fully saturated rings. The summed E-state index contributed by atoms with van der Waals surface area (Å²) in [5.74, 6) is -1.04. The number of halogens is 2. The van der Waals surface area contributed by atoms with Crippen LogP contribution >= 0.6 is 27.3 Å². The van der Waals surface area contributed by atoms with Crippen LogP contribution in [0.15, 0.2) is 57.2 Å². The van der Waals surface area contributed by atoms with Crippen LogP contribution in [0.1, 0.15) is 40.2 Å². The van der Waals surface area contributed by atoms with E-state index in [1.165, 1.54) is 23.6 Å². The van der Waals surface area contributed by atoms with E-state index in [4.69, 9.17) is 10.2 Å². The molecule has 0 radical (unpaired) electrons. The van der Waals surface area contributed by atoms with Crippen LogP contribution in [0.2, 0.25) is 0 Å². The first-order chi connectivity index (χ1) is 17.1. The van der Waals surface area contributed by atoms with Gasteiger partial charge in [0.25, 0.3) is 0 Å². The summed E-state index contributed by atoms with van der Waals surface area (Å²) >= 11 is 4.42. The third-order valence-corrected chi connectivity index (χ3v) is 8.32. The number of carboxylic acid groups (broad SMARTS) is 1. The number of hydrogen-bond donors (Lipinski definition) is 2. The normalized spacial score (nSPS) is 13.8. The first-order valence-corrected chi connectivity index (χ1v) is 14.2. The molecule has 36 heavy (non-hydrogen) atoms. The molecule has 2 aromatic heterocycles. The van der Waals surface area contributed by atoms with E-state index in [0.717, 1.165) is 47.4 Å². The number of nitrogens with two attached hydrogens (primary N) is 1. The van der Waals surface area contributed by atoms with Crippen LogP contribution in [-0.4, -0.2) is 34.3 Å². The number of sulfonamides is 1. The average Bonchev–Trinajstić information content (AvgIpc) is 3.37. The van der Waals surface area contributed by atoms with E-state index in [2.05, 4.69) is 20.9 Å². The minimum absolute atomic E-state index is 0.0202. The van der Waals surface area contributed by atoms with Crippen molar-refractivity contribution in [2.75, 3.05) is 0 Å². The van der Waals surface area contributed by atoms with Crippen LogP contribution in [0, 0.1) is 11.7 Å². The molecule has 1 saturated carbocycles. The van der Waals surface area contributed by atoms with Gasteiger partial charge in [-0.05, 0) is 77.0 Å². The number of thiazole rings is 1. The van der Waals surface area contributed by atoms with Gasteiger partial charge in [-0.3, -0.25) is 0 Å². The number of aromatic nitrogens is 3. The maximum atomic E-state index is 14.1. The molecule has 186 valence electrons. The second-order valence-electron chi connectivity index (χ2n) is 8.65. The Kier molecular flexibility index (Phi) is 6.54. The third-order valence-electron chi connectivity index (χ3n) is 5.96. The second-order valence-corrected chi connectivity index (χ2v) is 11.9. The number of benzene rings is 2. The lowest BCUT2D eigenvalue weighted by Crippen LogP contribution is -2.11. The van der Waals surface area contributed by atoms with Crippen molar-refractivity contribution in [3.63, 3.8) is 0 Å². The Bertz CT molecular complexity index is 1580. The lowest BCUT2D eigenvalue weighted by molar-refractivity contribution is 0.0691. The van der Waals surface area contributed by atoms with Gasteiger partial charge < -0.3 is 5.11 Å². The summed E-state index contributed by atoms with van der Waals surface area (Å²) in [4.78, 5) is 15.7. The Balaban J connectivity index is 1.68. The van der Waals surface area contributed by atoms with Crippen LogP contribution in [0.4, 0.5) is 4.39 Å². The molecule has 0 atom stereocenters. The molecule has 2 heterocycles. The van der Waals surface area contributed by atoms with Crippen molar-refractivity contribution < 1.29 is 22.7 Å². The van der Waals surface area contributed by atoms with Gasteiger partial charge in [0.15, 0.2) is 5.69 Å². The number of carbonyl (C=O) groups is 1. The quantitative estimate of drug-likeness (QED) is 0.304. The molecule has 0 bridgehead atoms. The molecule has 3 N–H and O–H groups in total. The van der Waals surface area contributed by atoms with Crippen LogP contribution < -0.4 is 5.14 Å². The zero-order valence-corrected chi connectivity index (χ0v) is 21.9. The van der Waals surface area contributed by atoms with Crippen LogP contribution in [-0.2, 0) is 22.9 Å². The van der Waals surface area contributed by atoms with Gasteiger partial charge in [-0.25, -0.2) is 32.4 Å². The molecule has 12 heteroatoms. The van der Waals surface area contributed by atoms with Crippen LogP contribution in [0.3, 0.4) is 0 Å². The largest absolute Gasteiger partial charge is 0.476 e. The minimum Gasteiger partial charge on any atom is -0.476 e. The highest BCUT2D eigenvalue weighted by Gasteiger charge is 2.29. The van der Waals surface area contributed by atoms with Gasteiger partial charge in [-0.2, -0.15) is 5.10 Å². The SMILES string of the molecule is NS(=O)(=O)c1ccc(Cc2c(CC3CC3)nn(-c3nc(C(=O)O)cs3)c2-c2ccc(F)c(Br)c2)cc1. The Hall–Kier alpha value is -2.93. The molecule has 0 unspecified atom stereocenters. The fraction of sp³-hybridized carbons (Fsp3) is 0.208. The fourth-order valence-electron chi connectivity index (χ4n) is 3.98. The van der Waals surface area contributed by atoms with Gasteiger partial charge in [0, 0.05) is 22.9 Å². The molecule has 4 aromatic rings. The van der Waals surface area contributed by atoms with Crippen molar-refractivity contribution in [1.82, 2.24) is 14.8 Å². The molecule has 0 aliphatic heterocycles. The maximum Gasteiger partial charge on any atom is 0.355 e. The fourth-order valence-corrected chi connectivity index (χ4v) is 5.63. The van der Waals surface area contributed by atoms with E-state index in [1.54, 1.807) is 28.9 Å². The summed E-state index contributed by atoms with van der Waals surface area (Å²) in [6.45, 7) is 0. The van der Waals surface area contributed by atoms with Crippen molar-refractivity contribution in [2.45, 2.75) is 30.6 Å². The highest BCUT2D eigenvalue weighted by molar-refractivity contribution is 9.10. The molecule has 0 amide bonds. The Morgan fingerprint density at radius 2 is 1.94 bits per heavy atom. The maximum absolute atomic E-state index is 14.1. The zero-order chi connectivity index (χ0) is 25.6. The minimum atomic E-state index is -3.82. The van der Waals surface area contributed by atoms with E-state index < -0.39 is 21.8 Å². The molecule has 8 nitrogen and oxygen atoms in total. The van der Waals surface area contributed by atoms with Gasteiger partial charge in [0.2, 0.25) is 15.2 Å². The average molecular weight is 591 g/mol. The molecular weight excluding hydrogens is 571 g/mol. The van der Waals surface area contributed by atoms with Gasteiger partial charge >= 0.3 is 5.97 Å². The van der Waals surface area contributed by atoms with Crippen molar-refractivity contribution in [3.8, 4) is 16.4 Å². The highest BCUT2D eigenvalue weighted by Crippen LogP contribution is 2.38. The van der Waals surface area contributed by atoms with Crippen molar-refractivity contribution >= 4 is 43.3 Å². The third kappa shape index (κ3) is 5.12. The molecule has 1 aliphatic carbocycles. The topological polar surface area (TPSA) is 128 Å². The number of nitrogens with zero attached hydrogens (tertiary/aromatic N) is 3. The number of primary sulfonamides is 1.